The van der Waals surface area contributed by atoms with Crippen molar-refractivity contribution in [2.24, 2.45) is 0 Å². The number of nitrogens with one attached hydrogen (secondary N) is 2. The number of rotatable bonds is 3. The number of hydrogen-bond acceptors (Lipinski definition) is 3. The first kappa shape index (κ1) is 12.9. The molecule has 1 aromatic carbocycles. The number of amides is 1. The summed E-state index contributed by atoms with van der Waals surface area (Å²) in [5.74, 6) is -0.294. The Hall–Kier alpha value is -1.59. The molecule has 7 heteroatoms. The molecule has 1 amide bonds. The molecule has 0 fully saturated rings. The summed E-state index contributed by atoms with van der Waals surface area (Å²) >= 11 is 11.7. The fraction of sp³-hybridized carbons (Fsp3) is 0.182. The van der Waals surface area contributed by atoms with Crippen LogP contribution >= 0.6 is 23.2 Å². The van der Waals surface area contributed by atoms with Crippen molar-refractivity contribution in [2.45, 2.75) is 13.5 Å². The molecule has 5 nitrogen and oxygen atoms in total. The summed E-state index contributed by atoms with van der Waals surface area (Å²) in [6, 6.07) is 5.11. The highest BCUT2D eigenvalue weighted by Gasteiger charge is 2.12. The third kappa shape index (κ3) is 3.00. The minimum Gasteiger partial charge on any atom is -0.347 e. The lowest BCUT2D eigenvalue weighted by Crippen LogP contribution is -2.24. The van der Waals surface area contributed by atoms with Crippen molar-refractivity contribution >= 4 is 29.1 Å². The van der Waals surface area contributed by atoms with Gasteiger partial charge in [-0.3, -0.25) is 4.79 Å². The molecule has 0 aliphatic carbocycles. The number of carbonyl (C=O) groups is 1. The number of carbonyl (C=O) groups excluding carboxylic acids is 1. The summed E-state index contributed by atoms with van der Waals surface area (Å²) < 4.78 is 0. The van der Waals surface area contributed by atoms with Gasteiger partial charge in [0.15, 0.2) is 5.69 Å². The Labute approximate surface area is 113 Å². The van der Waals surface area contributed by atoms with Crippen LogP contribution in [-0.2, 0) is 6.54 Å². The zero-order valence-electron chi connectivity index (χ0n) is 9.50. The highest BCUT2D eigenvalue weighted by atomic mass is 35.5. The van der Waals surface area contributed by atoms with E-state index in [4.69, 9.17) is 23.2 Å². The maximum Gasteiger partial charge on any atom is 0.274 e. The van der Waals surface area contributed by atoms with Gasteiger partial charge in [0.05, 0.1) is 5.69 Å². The normalized spacial score (nSPS) is 10.4. The topological polar surface area (TPSA) is 70.7 Å². The third-order valence-corrected chi connectivity index (χ3v) is 2.75. The van der Waals surface area contributed by atoms with Gasteiger partial charge >= 0.3 is 0 Å². The summed E-state index contributed by atoms with van der Waals surface area (Å²) in [6.45, 7) is 2.03. The van der Waals surface area contributed by atoms with Crippen LogP contribution in [0.3, 0.4) is 0 Å². The van der Waals surface area contributed by atoms with E-state index in [0.717, 1.165) is 5.56 Å². The van der Waals surface area contributed by atoms with Crippen LogP contribution in [0.1, 0.15) is 21.7 Å². The smallest absolute Gasteiger partial charge is 0.274 e. The lowest BCUT2D eigenvalue weighted by Gasteiger charge is -2.05. The van der Waals surface area contributed by atoms with Crippen LogP contribution in [-0.4, -0.2) is 21.3 Å². The number of aromatic nitrogens is 3. The molecule has 18 heavy (non-hydrogen) atoms. The minimum atomic E-state index is -0.294. The van der Waals surface area contributed by atoms with Crippen LogP contribution in [0.25, 0.3) is 0 Å². The molecule has 1 aromatic heterocycles. The van der Waals surface area contributed by atoms with Crippen molar-refractivity contribution in [3.8, 4) is 0 Å². The first-order valence-corrected chi connectivity index (χ1v) is 5.92. The largest absolute Gasteiger partial charge is 0.347 e. The Morgan fingerprint density at radius 3 is 2.50 bits per heavy atom. The Morgan fingerprint density at radius 1 is 1.28 bits per heavy atom. The number of benzene rings is 1. The van der Waals surface area contributed by atoms with E-state index in [-0.39, 0.29) is 11.6 Å². The Balaban J connectivity index is 2.04. The van der Waals surface area contributed by atoms with Gasteiger partial charge in [0.1, 0.15) is 0 Å². The van der Waals surface area contributed by atoms with E-state index >= 15 is 0 Å². The molecule has 0 unspecified atom stereocenters. The molecule has 2 aromatic rings. The number of aromatic amines is 1. The molecule has 2 rings (SSSR count). The summed E-state index contributed by atoms with van der Waals surface area (Å²) in [6.07, 6.45) is 0. The van der Waals surface area contributed by atoms with Gasteiger partial charge in [-0.25, -0.2) is 0 Å². The molecule has 2 N–H and O–H groups in total. The molecular formula is C11H10Cl2N4O. The van der Waals surface area contributed by atoms with Gasteiger partial charge < -0.3 is 5.32 Å². The van der Waals surface area contributed by atoms with Crippen LogP contribution in [0.5, 0.6) is 0 Å². The summed E-state index contributed by atoms with van der Waals surface area (Å²) in [5.41, 5.74) is 1.65. The average molecular weight is 285 g/mol. The standard InChI is InChI=1S/C11H10Cl2N4O/c1-6-10(16-17-15-6)11(18)14-5-7-2-8(12)4-9(13)3-7/h2-4H,5H2,1H3,(H,14,18)(H,15,16,17). The van der Waals surface area contributed by atoms with Crippen molar-refractivity contribution in [2.75, 3.05) is 0 Å². The fourth-order valence-electron chi connectivity index (χ4n) is 1.48. The van der Waals surface area contributed by atoms with Crippen LogP contribution in [0.15, 0.2) is 18.2 Å². The lowest BCUT2D eigenvalue weighted by molar-refractivity contribution is 0.0945. The zero-order chi connectivity index (χ0) is 13.1. The van der Waals surface area contributed by atoms with Crippen LogP contribution in [0.4, 0.5) is 0 Å². The summed E-state index contributed by atoms with van der Waals surface area (Å²) in [7, 11) is 0. The van der Waals surface area contributed by atoms with E-state index in [0.29, 0.717) is 22.3 Å². The Kier molecular flexibility index (Phi) is 3.84. The predicted molar refractivity (Wildman–Crippen MR) is 68.8 cm³/mol. The molecule has 0 saturated carbocycles. The van der Waals surface area contributed by atoms with E-state index in [2.05, 4.69) is 20.7 Å². The van der Waals surface area contributed by atoms with Gasteiger partial charge in [-0.1, -0.05) is 23.2 Å². The molecular weight excluding hydrogens is 275 g/mol. The summed E-state index contributed by atoms with van der Waals surface area (Å²) in [4.78, 5) is 11.8. The maximum atomic E-state index is 11.8. The van der Waals surface area contributed by atoms with Crippen molar-refractivity contribution in [3.05, 3.63) is 45.2 Å². The van der Waals surface area contributed by atoms with Crippen LogP contribution in [0.2, 0.25) is 10.0 Å². The second-order valence-electron chi connectivity index (χ2n) is 3.72. The molecule has 0 spiro atoms. The third-order valence-electron chi connectivity index (χ3n) is 2.31. The van der Waals surface area contributed by atoms with E-state index < -0.39 is 0 Å². The molecule has 1 heterocycles. The number of aryl methyl sites for hydroxylation is 1. The highest BCUT2D eigenvalue weighted by Crippen LogP contribution is 2.18. The van der Waals surface area contributed by atoms with Gasteiger partial charge in [0.2, 0.25) is 0 Å². The lowest BCUT2D eigenvalue weighted by atomic mass is 10.2. The monoisotopic (exact) mass is 284 g/mol. The van der Waals surface area contributed by atoms with Gasteiger partial charge in [0, 0.05) is 16.6 Å². The maximum absolute atomic E-state index is 11.8. The highest BCUT2D eigenvalue weighted by molar-refractivity contribution is 6.34. The molecule has 0 saturated heterocycles. The second-order valence-corrected chi connectivity index (χ2v) is 4.59. The van der Waals surface area contributed by atoms with Crippen molar-refractivity contribution in [3.63, 3.8) is 0 Å². The Bertz CT molecular complexity index is 562. The minimum absolute atomic E-state index is 0.281. The quantitative estimate of drug-likeness (QED) is 0.909. The van der Waals surface area contributed by atoms with E-state index in [1.165, 1.54) is 0 Å². The number of H-pyrrole nitrogens is 1. The predicted octanol–water partition coefficient (Wildman–Crippen LogP) is 2.35. The number of halogens is 2. The molecule has 0 atom stereocenters. The van der Waals surface area contributed by atoms with Crippen LogP contribution in [0, 0.1) is 6.92 Å². The molecule has 0 radical (unpaired) electrons. The molecule has 0 bridgehead atoms. The van der Waals surface area contributed by atoms with Crippen molar-refractivity contribution in [1.82, 2.24) is 20.7 Å². The van der Waals surface area contributed by atoms with Crippen LogP contribution < -0.4 is 5.32 Å². The second kappa shape index (κ2) is 5.37. The average Bonchev–Trinajstić information content (AvgIpc) is 2.71. The van der Waals surface area contributed by atoms with Crippen molar-refractivity contribution in [1.29, 1.82) is 0 Å². The van der Waals surface area contributed by atoms with Gasteiger partial charge in [0.25, 0.3) is 5.91 Å². The van der Waals surface area contributed by atoms with Gasteiger partial charge in [-0.2, -0.15) is 15.4 Å². The summed E-state index contributed by atoms with van der Waals surface area (Å²) in [5, 5.41) is 13.7. The SMILES string of the molecule is Cc1n[nH]nc1C(=O)NCc1cc(Cl)cc(Cl)c1. The van der Waals surface area contributed by atoms with Gasteiger partial charge in [-0.15, -0.1) is 0 Å². The zero-order valence-corrected chi connectivity index (χ0v) is 11.0. The van der Waals surface area contributed by atoms with E-state index in [9.17, 15) is 4.79 Å². The van der Waals surface area contributed by atoms with E-state index in [1.54, 1.807) is 25.1 Å². The van der Waals surface area contributed by atoms with E-state index in [1.807, 2.05) is 0 Å². The fourth-order valence-corrected chi connectivity index (χ4v) is 2.05. The molecule has 0 aliphatic rings. The Morgan fingerprint density at radius 2 is 1.94 bits per heavy atom. The first-order valence-electron chi connectivity index (χ1n) is 5.17. The van der Waals surface area contributed by atoms with Crippen molar-refractivity contribution < 1.29 is 4.79 Å². The van der Waals surface area contributed by atoms with Gasteiger partial charge in [-0.05, 0) is 30.7 Å². The number of hydrogen-bond donors (Lipinski definition) is 2. The number of nitrogens with zero attached hydrogens (tertiary/aromatic N) is 2. The molecule has 94 valence electrons. The molecule has 0 aliphatic heterocycles. The first-order chi connectivity index (χ1) is 8.56.